The maximum atomic E-state index is 12.3. The van der Waals surface area contributed by atoms with Gasteiger partial charge in [0.25, 0.3) is 0 Å². The fraction of sp³-hybridized carbons (Fsp3) is 0.391. The third kappa shape index (κ3) is 4.63. The largest absolute Gasteiger partial charge is 0.272 e. The normalized spacial score (nSPS) is 21.1. The van der Waals surface area contributed by atoms with E-state index in [2.05, 4.69) is 27.4 Å². The number of hydrogen-bond acceptors (Lipinski definition) is 4. The number of amides is 1. The molecule has 6 nitrogen and oxygen atoms in total. The minimum atomic E-state index is -3.24. The van der Waals surface area contributed by atoms with Crippen LogP contribution in [0, 0.1) is 0 Å². The number of carbonyl (C=O) groups is 1. The number of rotatable bonds is 7. The summed E-state index contributed by atoms with van der Waals surface area (Å²) in [6, 6.07) is 15.8. The van der Waals surface area contributed by atoms with E-state index in [1.165, 1.54) is 5.56 Å². The monoisotopic (exact) mass is 425 g/mol. The van der Waals surface area contributed by atoms with Gasteiger partial charge in [-0.15, -0.1) is 0 Å². The van der Waals surface area contributed by atoms with E-state index in [0.29, 0.717) is 25.7 Å². The van der Waals surface area contributed by atoms with Crippen molar-refractivity contribution in [2.75, 3.05) is 5.75 Å². The second-order valence-electron chi connectivity index (χ2n) is 8.08. The van der Waals surface area contributed by atoms with Crippen molar-refractivity contribution in [1.82, 2.24) is 10.1 Å². The van der Waals surface area contributed by atoms with Gasteiger partial charge in [-0.3, -0.25) is 4.79 Å². The zero-order valence-electron chi connectivity index (χ0n) is 17.1. The van der Waals surface area contributed by atoms with Crippen molar-refractivity contribution >= 4 is 21.6 Å². The number of fused-ring (bicyclic) bond motifs is 1. The van der Waals surface area contributed by atoms with Crippen molar-refractivity contribution < 1.29 is 13.2 Å². The van der Waals surface area contributed by atoms with Crippen LogP contribution >= 0.6 is 0 Å². The highest BCUT2D eigenvalue weighted by Crippen LogP contribution is 2.28. The Balaban J connectivity index is 1.48. The van der Waals surface area contributed by atoms with Crippen LogP contribution in [0.25, 0.3) is 0 Å². The Bertz CT molecular complexity index is 1060. The molecular weight excluding hydrogens is 398 g/mol. The molecule has 158 valence electrons. The number of hydrazone groups is 1. The number of carbonyl (C=O) groups excluding carboxylic acids is 1. The fourth-order valence-corrected chi connectivity index (χ4v) is 5.66. The molecule has 7 heteroatoms. The topological polar surface area (TPSA) is 87.6 Å². The number of nitrogens with one attached hydrogen (secondary N) is 2. The van der Waals surface area contributed by atoms with Gasteiger partial charge in [0, 0.05) is 12.5 Å². The lowest BCUT2D eigenvalue weighted by Gasteiger charge is -2.22. The summed E-state index contributed by atoms with van der Waals surface area (Å²) in [5, 5.41) is 4.30. The molecule has 1 aliphatic heterocycles. The van der Waals surface area contributed by atoms with Gasteiger partial charge in [0.15, 0.2) is 0 Å². The summed E-state index contributed by atoms with van der Waals surface area (Å²) in [5.41, 5.74) is 7.78. The quantitative estimate of drug-likeness (QED) is 0.715. The third-order valence-corrected chi connectivity index (χ3v) is 7.32. The van der Waals surface area contributed by atoms with Crippen LogP contribution in [-0.4, -0.2) is 31.8 Å². The number of unbranched alkanes of at least 4 members (excludes halogenated alkanes) is 1. The van der Waals surface area contributed by atoms with E-state index >= 15 is 0 Å². The van der Waals surface area contributed by atoms with E-state index in [4.69, 9.17) is 0 Å². The minimum absolute atomic E-state index is 0.0901. The lowest BCUT2D eigenvalue weighted by Crippen LogP contribution is -2.36. The van der Waals surface area contributed by atoms with Gasteiger partial charge >= 0.3 is 0 Å². The van der Waals surface area contributed by atoms with E-state index in [0.717, 1.165) is 28.8 Å². The summed E-state index contributed by atoms with van der Waals surface area (Å²) >= 11 is 0. The van der Waals surface area contributed by atoms with Crippen molar-refractivity contribution in [3.63, 3.8) is 0 Å². The maximum Gasteiger partial charge on any atom is 0.248 e. The first-order chi connectivity index (χ1) is 14.4. The molecule has 0 saturated heterocycles. The van der Waals surface area contributed by atoms with Crippen LogP contribution in [0.1, 0.15) is 54.4 Å². The van der Waals surface area contributed by atoms with E-state index in [1.54, 1.807) is 0 Å². The molecule has 0 aromatic heterocycles. The second kappa shape index (κ2) is 8.70. The third-order valence-electron chi connectivity index (χ3n) is 5.80. The van der Waals surface area contributed by atoms with Crippen LogP contribution in [0.4, 0.5) is 0 Å². The van der Waals surface area contributed by atoms with Gasteiger partial charge in [0.2, 0.25) is 15.9 Å². The van der Waals surface area contributed by atoms with E-state index in [9.17, 15) is 13.2 Å². The van der Waals surface area contributed by atoms with Gasteiger partial charge in [-0.1, -0.05) is 55.8 Å². The Labute approximate surface area is 177 Å². The number of hydrogen-bond donors (Lipinski definition) is 2. The molecule has 1 heterocycles. The molecule has 2 N–H and O–H groups in total. The first kappa shape index (κ1) is 20.8. The second-order valence-corrected chi connectivity index (χ2v) is 9.95. The van der Waals surface area contributed by atoms with Crippen LogP contribution in [0.3, 0.4) is 0 Å². The summed E-state index contributed by atoms with van der Waals surface area (Å²) in [6.45, 7) is 1.99. The van der Waals surface area contributed by atoms with Gasteiger partial charge < -0.3 is 0 Å². The standard InChI is InChI=1S/C23H27N3O3S/c1-2-3-11-30(28,29)26-20-13-17-9-10-18(12-19(17)14-20)22-15-21(23(27)25-24-22)16-7-5-4-6-8-16/h4-10,12,20-21,26H,2-3,11,13-15H2,1H3,(H,25,27). The first-order valence-electron chi connectivity index (χ1n) is 10.5. The van der Waals surface area contributed by atoms with E-state index in [1.807, 2.05) is 43.3 Å². The molecule has 2 aromatic carbocycles. The molecule has 0 fully saturated rings. The van der Waals surface area contributed by atoms with Crippen molar-refractivity contribution in [3.8, 4) is 0 Å². The Kier molecular flexibility index (Phi) is 6.01. The van der Waals surface area contributed by atoms with Gasteiger partial charge in [-0.2, -0.15) is 5.10 Å². The average molecular weight is 426 g/mol. The Morgan fingerprint density at radius 1 is 1.07 bits per heavy atom. The van der Waals surface area contributed by atoms with E-state index < -0.39 is 10.0 Å². The molecule has 2 aliphatic rings. The highest BCUT2D eigenvalue weighted by Gasteiger charge is 2.29. The van der Waals surface area contributed by atoms with Gasteiger partial charge in [0.1, 0.15) is 0 Å². The van der Waals surface area contributed by atoms with Crippen molar-refractivity contribution in [1.29, 1.82) is 0 Å². The summed E-state index contributed by atoms with van der Waals surface area (Å²) in [5.74, 6) is -0.170. The molecule has 1 amide bonds. The van der Waals surface area contributed by atoms with Gasteiger partial charge in [0.05, 0.1) is 17.4 Å². The average Bonchev–Trinajstić information content (AvgIpc) is 3.14. The van der Waals surface area contributed by atoms with Crippen molar-refractivity contribution in [3.05, 3.63) is 70.8 Å². The minimum Gasteiger partial charge on any atom is -0.272 e. The summed E-state index contributed by atoms with van der Waals surface area (Å²) in [6.07, 6.45) is 3.46. The molecule has 2 atom stereocenters. The first-order valence-corrected chi connectivity index (χ1v) is 12.1. The number of nitrogens with zero attached hydrogens (tertiary/aromatic N) is 1. The molecule has 0 spiro atoms. The molecule has 30 heavy (non-hydrogen) atoms. The molecule has 2 aromatic rings. The predicted octanol–water partition coefficient (Wildman–Crippen LogP) is 2.88. The summed E-state index contributed by atoms with van der Waals surface area (Å²) in [4.78, 5) is 12.3. The lowest BCUT2D eigenvalue weighted by atomic mass is 9.89. The van der Waals surface area contributed by atoms with Crippen LogP contribution < -0.4 is 10.1 Å². The molecule has 0 saturated carbocycles. The highest BCUT2D eigenvalue weighted by atomic mass is 32.2. The van der Waals surface area contributed by atoms with Crippen LogP contribution in [0.15, 0.2) is 53.6 Å². The van der Waals surface area contributed by atoms with Crippen LogP contribution in [-0.2, 0) is 27.7 Å². The number of sulfonamides is 1. The lowest BCUT2D eigenvalue weighted by molar-refractivity contribution is -0.122. The SMILES string of the molecule is CCCCS(=O)(=O)NC1Cc2ccc(C3=NNC(=O)C(c4ccccc4)C3)cc2C1. The summed E-state index contributed by atoms with van der Waals surface area (Å²) < 4.78 is 27.3. The van der Waals surface area contributed by atoms with Gasteiger partial charge in [-0.05, 0) is 47.6 Å². The smallest absolute Gasteiger partial charge is 0.248 e. The molecule has 4 rings (SSSR count). The molecule has 2 unspecified atom stereocenters. The Morgan fingerprint density at radius 3 is 2.60 bits per heavy atom. The predicted molar refractivity (Wildman–Crippen MR) is 118 cm³/mol. The number of benzene rings is 2. The van der Waals surface area contributed by atoms with Gasteiger partial charge in [-0.25, -0.2) is 18.6 Å². The summed E-state index contributed by atoms with van der Waals surface area (Å²) in [7, 11) is -3.24. The fourth-order valence-electron chi connectivity index (χ4n) is 4.20. The Hall–Kier alpha value is -2.51. The highest BCUT2D eigenvalue weighted by molar-refractivity contribution is 7.89. The van der Waals surface area contributed by atoms with Crippen molar-refractivity contribution in [2.45, 2.75) is 51.0 Å². The molecular formula is C23H27N3O3S. The van der Waals surface area contributed by atoms with Crippen LogP contribution in [0.2, 0.25) is 0 Å². The molecule has 1 aliphatic carbocycles. The maximum absolute atomic E-state index is 12.3. The van der Waals surface area contributed by atoms with Crippen LogP contribution in [0.5, 0.6) is 0 Å². The Morgan fingerprint density at radius 2 is 1.83 bits per heavy atom. The van der Waals surface area contributed by atoms with Crippen molar-refractivity contribution in [2.24, 2.45) is 5.10 Å². The zero-order chi connectivity index (χ0) is 21.1. The molecule has 0 bridgehead atoms. The van der Waals surface area contributed by atoms with E-state index in [-0.39, 0.29) is 23.6 Å². The molecule has 0 radical (unpaired) electrons. The zero-order valence-corrected chi connectivity index (χ0v) is 17.9.